The second kappa shape index (κ2) is 8.40. The second-order valence-corrected chi connectivity index (χ2v) is 6.04. The largest absolute Gasteiger partial charge is 0.493 e. The fraction of sp³-hybridized carbons (Fsp3) is 0.182. The fourth-order valence-electron chi connectivity index (χ4n) is 3.14. The van der Waals surface area contributed by atoms with Crippen molar-refractivity contribution < 1.29 is 18.9 Å². The number of hydrogen-bond acceptors (Lipinski definition) is 7. The van der Waals surface area contributed by atoms with Crippen molar-refractivity contribution >= 4 is 5.82 Å². The number of nitrogen functional groups attached to an aromatic ring is 1. The van der Waals surface area contributed by atoms with Crippen LogP contribution in [0.4, 0.5) is 5.82 Å². The zero-order chi connectivity index (χ0) is 21.0. The molecule has 1 heterocycles. The van der Waals surface area contributed by atoms with E-state index >= 15 is 0 Å². The standard InChI is InChI=1S/C22H21N3O4/c1-26-18-9-8-13(10-20(18)28-3)17-11-15(16(12-23)22(24)25-17)14-6-5-7-19(27-2)21(14)29-4/h5-11H,1-4H3,(H2,24,25). The van der Waals surface area contributed by atoms with Crippen molar-refractivity contribution in [3.05, 3.63) is 48.0 Å². The zero-order valence-electron chi connectivity index (χ0n) is 16.6. The summed E-state index contributed by atoms with van der Waals surface area (Å²) < 4.78 is 21.6. The molecule has 2 aromatic carbocycles. The molecule has 0 atom stereocenters. The maximum absolute atomic E-state index is 9.68. The number of anilines is 1. The number of hydrogen-bond donors (Lipinski definition) is 1. The summed E-state index contributed by atoms with van der Waals surface area (Å²) in [5, 5.41) is 9.68. The van der Waals surface area contributed by atoms with Crippen LogP contribution in [0.3, 0.4) is 0 Å². The van der Waals surface area contributed by atoms with Gasteiger partial charge in [0, 0.05) is 16.7 Å². The van der Waals surface area contributed by atoms with E-state index < -0.39 is 0 Å². The van der Waals surface area contributed by atoms with Crippen LogP contribution in [0, 0.1) is 11.3 Å². The Morgan fingerprint density at radius 3 is 2.17 bits per heavy atom. The van der Waals surface area contributed by atoms with Gasteiger partial charge in [0.2, 0.25) is 0 Å². The molecule has 7 nitrogen and oxygen atoms in total. The lowest BCUT2D eigenvalue weighted by Gasteiger charge is -2.16. The summed E-state index contributed by atoms with van der Waals surface area (Å²) in [7, 11) is 6.24. The van der Waals surface area contributed by atoms with Gasteiger partial charge in [-0.2, -0.15) is 5.26 Å². The zero-order valence-corrected chi connectivity index (χ0v) is 16.6. The van der Waals surface area contributed by atoms with Gasteiger partial charge in [0.1, 0.15) is 17.5 Å². The number of methoxy groups -OCH3 is 4. The second-order valence-electron chi connectivity index (χ2n) is 6.04. The Morgan fingerprint density at radius 2 is 1.55 bits per heavy atom. The minimum Gasteiger partial charge on any atom is -0.493 e. The van der Waals surface area contributed by atoms with Crippen LogP contribution in [0.15, 0.2) is 42.5 Å². The van der Waals surface area contributed by atoms with Crippen molar-refractivity contribution in [3.8, 4) is 51.5 Å². The highest BCUT2D eigenvalue weighted by atomic mass is 16.5. The van der Waals surface area contributed by atoms with E-state index in [2.05, 4.69) is 11.1 Å². The molecule has 0 aliphatic heterocycles. The molecule has 0 amide bonds. The molecule has 3 rings (SSSR count). The van der Waals surface area contributed by atoms with Crippen LogP contribution in [-0.2, 0) is 0 Å². The molecule has 0 aliphatic rings. The highest BCUT2D eigenvalue weighted by Gasteiger charge is 2.19. The fourth-order valence-corrected chi connectivity index (χ4v) is 3.14. The number of pyridine rings is 1. The van der Waals surface area contributed by atoms with Gasteiger partial charge in [-0.25, -0.2) is 4.98 Å². The van der Waals surface area contributed by atoms with E-state index in [0.29, 0.717) is 39.8 Å². The average Bonchev–Trinajstić information content (AvgIpc) is 2.77. The highest BCUT2D eigenvalue weighted by Crippen LogP contribution is 2.41. The summed E-state index contributed by atoms with van der Waals surface area (Å²) in [6, 6.07) is 14.8. The Hall–Kier alpha value is -3.92. The van der Waals surface area contributed by atoms with Crippen molar-refractivity contribution in [2.24, 2.45) is 0 Å². The molecule has 0 saturated heterocycles. The number of benzene rings is 2. The van der Waals surface area contributed by atoms with Crippen LogP contribution >= 0.6 is 0 Å². The third-order valence-electron chi connectivity index (χ3n) is 4.53. The molecule has 148 valence electrons. The Morgan fingerprint density at radius 1 is 0.828 bits per heavy atom. The predicted molar refractivity (Wildman–Crippen MR) is 110 cm³/mol. The summed E-state index contributed by atoms with van der Waals surface area (Å²) in [4.78, 5) is 4.42. The molecule has 1 aromatic heterocycles. The molecule has 0 aliphatic carbocycles. The summed E-state index contributed by atoms with van der Waals surface area (Å²) >= 11 is 0. The molecule has 2 N–H and O–H groups in total. The minimum absolute atomic E-state index is 0.125. The van der Waals surface area contributed by atoms with E-state index in [-0.39, 0.29) is 11.4 Å². The Bertz CT molecular complexity index is 1090. The topological polar surface area (TPSA) is 99.6 Å². The third kappa shape index (κ3) is 3.60. The number of nitriles is 1. The van der Waals surface area contributed by atoms with Gasteiger partial charge < -0.3 is 24.7 Å². The van der Waals surface area contributed by atoms with Gasteiger partial charge in [-0.3, -0.25) is 0 Å². The first-order valence-corrected chi connectivity index (χ1v) is 8.72. The van der Waals surface area contributed by atoms with Gasteiger partial charge in [-0.1, -0.05) is 12.1 Å². The van der Waals surface area contributed by atoms with E-state index in [1.54, 1.807) is 52.7 Å². The van der Waals surface area contributed by atoms with Crippen LogP contribution in [0.2, 0.25) is 0 Å². The number of rotatable bonds is 6. The van der Waals surface area contributed by atoms with Crippen molar-refractivity contribution in [2.45, 2.75) is 0 Å². The smallest absolute Gasteiger partial charge is 0.168 e. The van der Waals surface area contributed by atoms with Crippen molar-refractivity contribution in [1.82, 2.24) is 4.98 Å². The van der Waals surface area contributed by atoms with Gasteiger partial charge in [-0.15, -0.1) is 0 Å². The minimum atomic E-state index is 0.125. The van der Waals surface area contributed by atoms with Crippen molar-refractivity contribution in [1.29, 1.82) is 5.26 Å². The Labute approximate surface area is 169 Å². The quantitative estimate of drug-likeness (QED) is 0.680. The number of nitrogens with two attached hydrogens (primary N) is 1. The molecular formula is C22H21N3O4. The predicted octanol–water partition coefficient (Wildman–Crippen LogP) is 3.90. The average molecular weight is 391 g/mol. The maximum atomic E-state index is 9.68. The molecule has 0 radical (unpaired) electrons. The van der Waals surface area contributed by atoms with Crippen molar-refractivity contribution in [3.63, 3.8) is 0 Å². The first kappa shape index (κ1) is 19.8. The first-order valence-electron chi connectivity index (χ1n) is 8.72. The van der Waals surface area contributed by atoms with Crippen LogP contribution < -0.4 is 24.7 Å². The van der Waals surface area contributed by atoms with Crippen molar-refractivity contribution in [2.75, 3.05) is 34.2 Å². The number of ether oxygens (including phenoxy) is 4. The van der Waals surface area contributed by atoms with E-state index in [1.807, 2.05) is 18.2 Å². The lowest BCUT2D eigenvalue weighted by molar-refractivity contribution is 0.355. The Kier molecular flexibility index (Phi) is 5.74. The number of nitrogens with zero attached hydrogens (tertiary/aromatic N) is 2. The molecule has 0 unspecified atom stereocenters. The molecule has 29 heavy (non-hydrogen) atoms. The van der Waals surface area contributed by atoms with E-state index in [4.69, 9.17) is 24.7 Å². The van der Waals surface area contributed by atoms with Crippen LogP contribution in [0.5, 0.6) is 23.0 Å². The molecule has 0 fully saturated rings. The molecule has 3 aromatic rings. The lowest BCUT2D eigenvalue weighted by atomic mass is 9.97. The SMILES string of the molecule is COc1ccc(-c2cc(-c3cccc(OC)c3OC)c(C#N)c(N)n2)cc1OC. The van der Waals surface area contributed by atoms with Gasteiger partial charge in [-0.05, 0) is 30.3 Å². The summed E-state index contributed by atoms with van der Waals surface area (Å²) in [5.41, 5.74) is 9.03. The molecule has 7 heteroatoms. The molecule has 0 spiro atoms. The van der Waals surface area contributed by atoms with Crippen LogP contribution in [-0.4, -0.2) is 33.4 Å². The van der Waals surface area contributed by atoms with E-state index in [0.717, 1.165) is 5.56 Å². The first-order chi connectivity index (χ1) is 14.1. The summed E-state index contributed by atoms with van der Waals surface area (Å²) in [6.45, 7) is 0. The lowest BCUT2D eigenvalue weighted by Crippen LogP contribution is -2.01. The molecule has 0 saturated carbocycles. The summed E-state index contributed by atoms with van der Waals surface area (Å²) in [5.74, 6) is 2.36. The monoisotopic (exact) mass is 391 g/mol. The number of para-hydroxylation sites is 1. The van der Waals surface area contributed by atoms with E-state index in [9.17, 15) is 5.26 Å². The molecular weight excluding hydrogens is 370 g/mol. The van der Waals surface area contributed by atoms with Crippen LogP contribution in [0.1, 0.15) is 5.56 Å². The van der Waals surface area contributed by atoms with Gasteiger partial charge in [0.25, 0.3) is 0 Å². The van der Waals surface area contributed by atoms with E-state index in [1.165, 1.54) is 0 Å². The molecule has 0 bridgehead atoms. The maximum Gasteiger partial charge on any atom is 0.168 e. The number of aromatic nitrogens is 1. The van der Waals surface area contributed by atoms with Crippen LogP contribution in [0.25, 0.3) is 22.4 Å². The highest BCUT2D eigenvalue weighted by molar-refractivity contribution is 5.84. The van der Waals surface area contributed by atoms with Gasteiger partial charge in [0.05, 0.1) is 34.1 Å². The summed E-state index contributed by atoms with van der Waals surface area (Å²) in [6.07, 6.45) is 0. The third-order valence-corrected chi connectivity index (χ3v) is 4.53. The van der Waals surface area contributed by atoms with Gasteiger partial charge in [0.15, 0.2) is 23.0 Å². The Balaban J connectivity index is 2.26. The normalized spacial score (nSPS) is 10.2. The van der Waals surface area contributed by atoms with Gasteiger partial charge >= 0.3 is 0 Å².